The normalized spacial score (nSPS) is 13.8. The van der Waals surface area contributed by atoms with Crippen molar-refractivity contribution >= 4 is 25.7 Å². The first-order chi connectivity index (χ1) is 26.6. The quantitative estimate of drug-likeness (QED) is 0.0232. The minimum Gasteiger partial charge on any atom is -0.480 e. The van der Waals surface area contributed by atoms with Crippen LogP contribution in [0, 0.1) is 0 Å². The van der Waals surface area contributed by atoms with E-state index in [9.17, 15) is 23.8 Å². The van der Waals surface area contributed by atoms with Crippen molar-refractivity contribution in [2.24, 2.45) is 5.73 Å². The number of allylic oxidation sites excluding steroid dienone is 2. The van der Waals surface area contributed by atoms with Crippen LogP contribution in [0.15, 0.2) is 12.2 Å². The number of phosphoric acid groups is 1. The molecule has 0 saturated heterocycles. The first-order valence-corrected chi connectivity index (χ1v) is 23.7. The SMILES string of the molecule is CCCCC/C=C/CCCCCCCC(=O)OC[C@@H](COP(=O)(O)OC[C@H](N)C(=O)O)OC(=O)CCCCCCCCCCCCCCCCCCCCC. The summed E-state index contributed by atoms with van der Waals surface area (Å²) < 4.78 is 32.7. The van der Waals surface area contributed by atoms with E-state index in [0.717, 1.165) is 57.8 Å². The summed E-state index contributed by atoms with van der Waals surface area (Å²) in [5.41, 5.74) is 5.33. The molecule has 0 aliphatic rings. The molecule has 4 N–H and O–H groups in total. The molecule has 0 aromatic carbocycles. The van der Waals surface area contributed by atoms with Crippen LogP contribution in [0.2, 0.25) is 0 Å². The second kappa shape index (κ2) is 39.1. The maximum Gasteiger partial charge on any atom is 0.472 e. The molecule has 0 aliphatic carbocycles. The number of carbonyl (C=O) groups is 3. The Morgan fingerprint density at radius 3 is 1.36 bits per heavy atom. The van der Waals surface area contributed by atoms with Gasteiger partial charge in [0.15, 0.2) is 6.10 Å². The number of rotatable bonds is 42. The molecule has 55 heavy (non-hydrogen) atoms. The number of carboxylic acid groups (broad SMARTS) is 1. The highest BCUT2D eigenvalue weighted by molar-refractivity contribution is 7.47. The number of aliphatic carboxylic acids is 1. The smallest absolute Gasteiger partial charge is 0.472 e. The molecule has 0 aromatic heterocycles. The van der Waals surface area contributed by atoms with E-state index in [-0.39, 0.29) is 19.4 Å². The summed E-state index contributed by atoms with van der Waals surface area (Å²) in [6, 6.07) is -1.52. The summed E-state index contributed by atoms with van der Waals surface area (Å²) in [6.07, 6.45) is 38.5. The van der Waals surface area contributed by atoms with Gasteiger partial charge in [0.2, 0.25) is 0 Å². The number of carbonyl (C=O) groups excluding carboxylic acids is 2. The van der Waals surface area contributed by atoms with Crippen LogP contribution in [0.1, 0.15) is 213 Å². The Bertz CT molecular complexity index is 995. The van der Waals surface area contributed by atoms with E-state index in [1.54, 1.807) is 0 Å². The second-order valence-electron chi connectivity index (χ2n) is 15.2. The topological polar surface area (TPSA) is 172 Å². The van der Waals surface area contributed by atoms with Gasteiger partial charge < -0.3 is 25.2 Å². The summed E-state index contributed by atoms with van der Waals surface area (Å²) in [7, 11) is -4.71. The van der Waals surface area contributed by atoms with E-state index in [1.165, 1.54) is 116 Å². The predicted octanol–water partition coefficient (Wildman–Crippen LogP) is 11.7. The molecule has 3 atom stereocenters. The molecule has 0 rings (SSSR count). The van der Waals surface area contributed by atoms with Crippen molar-refractivity contribution in [1.82, 2.24) is 0 Å². The molecule has 0 aromatic rings. The Morgan fingerprint density at radius 1 is 0.545 bits per heavy atom. The number of phosphoric ester groups is 1. The molecular weight excluding hydrogens is 721 g/mol. The molecule has 1 unspecified atom stereocenters. The number of esters is 2. The van der Waals surface area contributed by atoms with Crippen LogP contribution in [-0.4, -0.2) is 59.9 Å². The molecule has 324 valence electrons. The van der Waals surface area contributed by atoms with E-state index in [0.29, 0.717) is 12.8 Å². The Labute approximate surface area is 335 Å². The third kappa shape index (κ3) is 38.9. The number of ether oxygens (including phenoxy) is 2. The Hall–Kier alpha value is -1.78. The van der Waals surface area contributed by atoms with Crippen molar-refractivity contribution in [2.75, 3.05) is 19.8 Å². The van der Waals surface area contributed by atoms with Gasteiger partial charge in [-0.2, -0.15) is 0 Å². The molecule has 0 amide bonds. The number of hydrogen-bond acceptors (Lipinski definition) is 9. The maximum absolute atomic E-state index is 12.6. The zero-order valence-electron chi connectivity index (χ0n) is 35.0. The van der Waals surface area contributed by atoms with Crippen LogP contribution in [-0.2, 0) is 37.5 Å². The predicted molar refractivity (Wildman–Crippen MR) is 222 cm³/mol. The second-order valence-corrected chi connectivity index (χ2v) is 16.6. The van der Waals surface area contributed by atoms with Crippen molar-refractivity contribution in [3.8, 4) is 0 Å². The van der Waals surface area contributed by atoms with Gasteiger partial charge in [0.1, 0.15) is 12.6 Å². The highest BCUT2D eigenvalue weighted by atomic mass is 31.2. The first kappa shape index (κ1) is 53.2. The van der Waals surface area contributed by atoms with Gasteiger partial charge in [-0.3, -0.25) is 23.4 Å². The van der Waals surface area contributed by atoms with E-state index < -0.39 is 51.1 Å². The third-order valence-corrected chi connectivity index (χ3v) is 10.7. The fourth-order valence-corrected chi connectivity index (χ4v) is 7.02. The van der Waals surface area contributed by atoms with Crippen LogP contribution in [0.5, 0.6) is 0 Å². The standard InChI is InChI=1S/C43H82NO10P/c1-3-5-7-9-11-13-15-17-18-19-20-21-22-23-25-27-29-31-33-35-42(46)54-39(37-52-55(49,50)53-38-40(44)43(47)48)36-51-41(45)34-32-30-28-26-24-16-14-12-10-8-6-4-2/h12,14,39-40H,3-11,13,15-38,44H2,1-2H3,(H,47,48)(H,49,50)/b14-12+/t39-,40-/m0/s1. The molecule has 0 bridgehead atoms. The molecule has 0 radical (unpaired) electrons. The average molecular weight is 804 g/mol. The molecule has 0 saturated carbocycles. The van der Waals surface area contributed by atoms with Gasteiger partial charge >= 0.3 is 25.7 Å². The van der Waals surface area contributed by atoms with Crippen molar-refractivity contribution in [3.05, 3.63) is 12.2 Å². The summed E-state index contributed by atoms with van der Waals surface area (Å²) in [5.74, 6) is -2.38. The molecule has 12 heteroatoms. The highest BCUT2D eigenvalue weighted by Crippen LogP contribution is 2.43. The number of unbranched alkanes of at least 4 members (excludes halogenated alkanes) is 26. The van der Waals surface area contributed by atoms with E-state index in [2.05, 4.69) is 30.5 Å². The van der Waals surface area contributed by atoms with Gasteiger partial charge in [-0.15, -0.1) is 0 Å². The maximum atomic E-state index is 12.6. The zero-order valence-corrected chi connectivity index (χ0v) is 35.9. The van der Waals surface area contributed by atoms with Crippen LogP contribution >= 0.6 is 7.82 Å². The lowest BCUT2D eigenvalue weighted by atomic mass is 10.0. The number of carboxylic acids is 1. The van der Waals surface area contributed by atoms with Gasteiger partial charge in [-0.25, -0.2) is 4.57 Å². The van der Waals surface area contributed by atoms with Crippen LogP contribution in [0.25, 0.3) is 0 Å². The molecule has 11 nitrogen and oxygen atoms in total. The third-order valence-electron chi connectivity index (χ3n) is 9.76. The van der Waals surface area contributed by atoms with Gasteiger partial charge in [0, 0.05) is 12.8 Å². The minimum absolute atomic E-state index is 0.165. The Balaban J connectivity index is 4.29. The molecule has 0 spiro atoms. The fraction of sp³-hybridized carbons (Fsp3) is 0.884. The fourth-order valence-electron chi connectivity index (χ4n) is 6.24. The van der Waals surface area contributed by atoms with E-state index in [1.807, 2.05) is 0 Å². The van der Waals surface area contributed by atoms with Gasteiger partial charge in [0.05, 0.1) is 13.2 Å². The molecule has 0 aliphatic heterocycles. The van der Waals surface area contributed by atoms with E-state index in [4.69, 9.17) is 24.8 Å². The number of hydrogen-bond donors (Lipinski definition) is 3. The van der Waals surface area contributed by atoms with Gasteiger partial charge in [0.25, 0.3) is 0 Å². The Kier molecular flexibility index (Phi) is 37.8. The average Bonchev–Trinajstić information content (AvgIpc) is 3.16. The lowest BCUT2D eigenvalue weighted by Crippen LogP contribution is -2.34. The van der Waals surface area contributed by atoms with Crippen LogP contribution in [0.3, 0.4) is 0 Å². The summed E-state index contributed by atoms with van der Waals surface area (Å²) in [4.78, 5) is 45.9. The van der Waals surface area contributed by atoms with Gasteiger partial charge in [-0.1, -0.05) is 174 Å². The van der Waals surface area contributed by atoms with Crippen LogP contribution < -0.4 is 5.73 Å². The van der Waals surface area contributed by atoms with Crippen LogP contribution in [0.4, 0.5) is 0 Å². The number of nitrogens with two attached hydrogens (primary N) is 1. The van der Waals surface area contributed by atoms with Crippen molar-refractivity contribution in [3.63, 3.8) is 0 Å². The lowest BCUT2D eigenvalue weighted by molar-refractivity contribution is -0.161. The van der Waals surface area contributed by atoms with Crippen molar-refractivity contribution in [1.29, 1.82) is 0 Å². The Morgan fingerprint density at radius 2 is 0.909 bits per heavy atom. The molecule has 0 heterocycles. The molecular formula is C43H82NO10P. The monoisotopic (exact) mass is 804 g/mol. The minimum atomic E-state index is -4.71. The lowest BCUT2D eigenvalue weighted by Gasteiger charge is -2.20. The largest absolute Gasteiger partial charge is 0.480 e. The van der Waals surface area contributed by atoms with Crippen molar-refractivity contribution < 1.29 is 47.5 Å². The summed E-state index contributed by atoms with van der Waals surface area (Å²) >= 11 is 0. The molecule has 0 fully saturated rings. The summed E-state index contributed by atoms with van der Waals surface area (Å²) in [5, 5.41) is 8.88. The zero-order chi connectivity index (χ0) is 40.7. The summed E-state index contributed by atoms with van der Waals surface area (Å²) in [6.45, 7) is 2.79. The highest BCUT2D eigenvalue weighted by Gasteiger charge is 2.28. The van der Waals surface area contributed by atoms with E-state index >= 15 is 0 Å². The first-order valence-electron chi connectivity index (χ1n) is 22.2. The van der Waals surface area contributed by atoms with Gasteiger partial charge in [-0.05, 0) is 38.5 Å². The van der Waals surface area contributed by atoms with Crippen molar-refractivity contribution in [2.45, 2.75) is 225 Å².